The summed E-state index contributed by atoms with van der Waals surface area (Å²) >= 11 is -3.59. The zero-order chi connectivity index (χ0) is 9.61. The van der Waals surface area contributed by atoms with Crippen molar-refractivity contribution in [2.75, 3.05) is 0 Å². The Balaban J connectivity index is 3.75. The summed E-state index contributed by atoms with van der Waals surface area (Å²) in [6, 6.07) is 0. The molecule has 0 amide bonds. The van der Waals surface area contributed by atoms with Gasteiger partial charge in [-0.1, -0.05) is 0 Å². The molecule has 0 aromatic carbocycles. The van der Waals surface area contributed by atoms with Gasteiger partial charge in [0.15, 0.2) is 0 Å². The zero-order valence-corrected chi connectivity index (χ0v) is 11.2. The summed E-state index contributed by atoms with van der Waals surface area (Å²) in [6.07, 6.45) is 2.72. The van der Waals surface area contributed by atoms with E-state index < -0.39 is 21.3 Å². The van der Waals surface area contributed by atoms with Gasteiger partial charge in [0.2, 0.25) is 0 Å². The molecular weight excluding hydrogens is 338 g/mol. The number of rotatable bonds is 6. The number of carbonyl (C=O) groups excluding carboxylic acids is 1. The molecule has 12 heavy (non-hydrogen) atoms. The van der Waals surface area contributed by atoms with Crippen LogP contribution >= 0.6 is 26.9 Å². The average molecular weight is 349 g/mol. The van der Waals surface area contributed by atoms with E-state index in [0.29, 0.717) is 12.7 Å². The van der Waals surface area contributed by atoms with Crippen molar-refractivity contribution in [3.63, 3.8) is 0 Å². The van der Waals surface area contributed by atoms with Gasteiger partial charge in [-0.25, -0.2) is 0 Å². The Kier molecular flexibility index (Phi) is 7.42. The van der Waals surface area contributed by atoms with Crippen LogP contribution in [0, 0.1) is 0 Å². The molecule has 6 heteroatoms. The third-order valence-electron chi connectivity index (χ3n) is 1.23. The zero-order valence-electron chi connectivity index (χ0n) is 6.63. The van der Waals surface area contributed by atoms with Crippen LogP contribution in [0.3, 0.4) is 0 Å². The van der Waals surface area contributed by atoms with Crippen LogP contribution in [0.5, 0.6) is 0 Å². The molecule has 0 aromatic heterocycles. The summed E-state index contributed by atoms with van der Waals surface area (Å²) in [5, 5.41) is 0. The maximum atomic E-state index is 10.4. The van der Waals surface area contributed by atoms with E-state index in [1.54, 1.807) is 0 Å². The van der Waals surface area contributed by atoms with Crippen LogP contribution in [0.4, 0.5) is 0 Å². The molecule has 1 atom stereocenters. The van der Waals surface area contributed by atoms with Gasteiger partial charge < -0.3 is 0 Å². The van der Waals surface area contributed by atoms with Gasteiger partial charge in [-0.2, -0.15) is 0 Å². The molecular formula is C6H11Cl3O2Te. The predicted octanol–water partition coefficient (Wildman–Crippen LogP) is 2.91. The summed E-state index contributed by atoms with van der Waals surface area (Å²) in [6.45, 7) is 2.03. The van der Waals surface area contributed by atoms with Crippen LogP contribution < -0.4 is 0 Å². The monoisotopic (exact) mass is 350 g/mol. The van der Waals surface area contributed by atoms with E-state index >= 15 is 0 Å². The number of hydrogen-bond acceptors (Lipinski definition) is 2. The van der Waals surface area contributed by atoms with Crippen LogP contribution in [0.1, 0.15) is 26.2 Å². The van der Waals surface area contributed by atoms with Crippen LogP contribution in [0.25, 0.3) is 0 Å². The SMILES string of the molecule is CCCCC(C=O)O[Te](Cl)(Cl)Cl. The third-order valence-corrected chi connectivity index (χ3v) is 4.02. The van der Waals surface area contributed by atoms with Crippen molar-refractivity contribution in [2.45, 2.75) is 32.3 Å². The fourth-order valence-corrected chi connectivity index (χ4v) is 3.77. The third kappa shape index (κ3) is 7.91. The first kappa shape index (κ1) is 13.3. The molecule has 2 nitrogen and oxygen atoms in total. The van der Waals surface area contributed by atoms with Gasteiger partial charge >= 0.3 is 88.6 Å². The molecule has 0 radical (unpaired) electrons. The summed E-state index contributed by atoms with van der Waals surface area (Å²) in [5.74, 6) is 0. The van der Waals surface area contributed by atoms with Crippen molar-refractivity contribution in [3.05, 3.63) is 0 Å². The standard InChI is InChI=1S/C6H11Cl3O2Te/c1-2-3-4-6(5-10)11-12(7,8)9/h5-6H,2-4H2,1H3. The molecule has 0 aliphatic carbocycles. The molecule has 0 rings (SSSR count). The number of aldehydes is 1. The molecule has 0 saturated heterocycles. The molecule has 0 aliphatic heterocycles. The second-order valence-corrected chi connectivity index (χ2v) is 16.8. The Labute approximate surface area is 88.1 Å². The van der Waals surface area contributed by atoms with Crippen LogP contribution in [0.15, 0.2) is 0 Å². The molecule has 0 heterocycles. The molecule has 0 saturated carbocycles. The molecule has 0 aliphatic rings. The quantitative estimate of drug-likeness (QED) is 0.545. The van der Waals surface area contributed by atoms with Crippen molar-refractivity contribution < 1.29 is 7.90 Å². The second kappa shape index (κ2) is 6.70. The molecule has 0 spiro atoms. The summed E-state index contributed by atoms with van der Waals surface area (Å²) in [4.78, 5) is 10.4. The first-order chi connectivity index (χ1) is 5.49. The van der Waals surface area contributed by atoms with E-state index in [4.69, 9.17) is 30.0 Å². The van der Waals surface area contributed by atoms with Crippen molar-refractivity contribution in [1.29, 1.82) is 0 Å². The van der Waals surface area contributed by atoms with Gasteiger partial charge in [0, 0.05) is 0 Å². The Morgan fingerprint density at radius 3 is 2.42 bits per heavy atom. The van der Waals surface area contributed by atoms with Crippen LogP contribution in [-0.4, -0.2) is 27.6 Å². The van der Waals surface area contributed by atoms with Crippen LogP contribution in [-0.2, 0) is 7.90 Å². The number of unbranched alkanes of at least 4 members (excludes halogenated alkanes) is 1. The first-order valence-electron chi connectivity index (χ1n) is 3.55. The average Bonchev–Trinajstić information content (AvgIpc) is 1.95. The number of hydrogen-bond donors (Lipinski definition) is 0. The van der Waals surface area contributed by atoms with Crippen molar-refractivity contribution in [1.82, 2.24) is 0 Å². The van der Waals surface area contributed by atoms with E-state index in [1.165, 1.54) is 0 Å². The molecule has 0 N–H and O–H groups in total. The molecule has 1 unspecified atom stereocenters. The Morgan fingerprint density at radius 2 is 2.08 bits per heavy atom. The predicted molar refractivity (Wildman–Crippen MR) is 53.8 cm³/mol. The summed E-state index contributed by atoms with van der Waals surface area (Å²) < 4.78 is 5.01. The van der Waals surface area contributed by atoms with Crippen molar-refractivity contribution in [2.24, 2.45) is 0 Å². The van der Waals surface area contributed by atoms with E-state index in [0.717, 1.165) is 12.8 Å². The topological polar surface area (TPSA) is 26.3 Å². The van der Waals surface area contributed by atoms with Gasteiger partial charge in [0.05, 0.1) is 0 Å². The minimum atomic E-state index is -3.59. The summed E-state index contributed by atoms with van der Waals surface area (Å²) in [5.41, 5.74) is 0. The Hall–Kier alpha value is 1.29. The van der Waals surface area contributed by atoms with E-state index in [2.05, 4.69) is 0 Å². The second-order valence-electron chi connectivity index (χ2n) is 2.28. The first-order valence-corrected chi connectivity index (χ1v) is 13.4. The van der Waals surface area contributed by atoms with Gasteiger partial charge in [-0.3, -0.25) is 0 Å². The Morgan fingerprint density at radius 1 is 1.50 bits per heavy atom. The van der Waals surface area contributed by atoms with Crippen molar-refractivity contribution in [3.8, 4) is 0 Å². The number of halogens is 3. The maximum absolute atomic E-state index is 10.4. The van der Waals surface area contributed by atoms with Crippen molar-refractivity contribution >= 4 is 48.4 Å². The fourth-order valence-electron chi connectivity index (χ4n) is 0.684. The molecule has 74 valence electrons. The normalized spacial score (nSPS) is 15.7. The van der Waals surface area contributed by atoms with E-state index in [-0.39, 0.29) is 0 Å². The molecule has 0 fully saturated rings. The van der Waals surface area contributed by atoms with Gasteiger partial charge in [0.25, 0.3) is 0 Å². The van der Waals surface area contributed by atoms with Gasteiger partial charge in [-0.05, 0) is 0 Å². The van der Waals surface area contributed by atoms with E-state index in [9.17, 15) is 4.79 Å². The molecule has 0 aromatic rings. The van der Waals surface area contributed by atoms with Gasteiger partial charge in [0.1, 0.15) is 0 Å². The van der Waals surface area contributed by atoms with Gasteiger partial charge in [-0.15, -0.1) is 0 Å². The fraction of sp³-hybridized carbons (Fsp3) is 0.833. The summed E-state index contributed by atoms with van der Waals surface area (Å²) in [7, 11) is 16.6. The number of carbonyl (C=O) groups is 1. The molecule has 0 bridgehead atoms. The minimum absolute atomic E-state index is 0.529. The Bertz CT molecular complexity index is 137. The van der Waals surface area contributed by atoms with Crippen LogP contribution in [0.2, 0.25) is 0 Å². The van der Waals surface area contributed by atoms with E-state index in [1.807, 2.05) is 6.92 Å².